The van der Waals surface area contributed by atoms with Gasteiger partial charge in [0.05, 0.1) is 13.1 Å². The molecule has 5 nitrogen and oxygen atoms in total. The van der Waals surface area contributed by atoms with Crippen LogP contribution in [-0.2, 0) is 13.1 Å². The lowest BCUT2D eigenvalue weighted by atomic mass is 10.1. The van der Waals surface area contributed by atoms with Gasteiger partial charge in [0.1, 0.15) is 5.82 Å². The van der Waals surface area contributed by atoms with Crippen molar-refractivity contribution in [3.05, 3.63) is 35.1 Å². The largest absolute Gasteiger partial charge is 0.401 e. The summed E-state index contributed by atoms with van der Waals surface area (Å²) in [4.78, 5) is 10.2. The molecule has 1 fully saturated rings. The van der Waals surface area contributed by atoms with Crippen LogP contribution in [0.1, 0.15) is 31.4 Å². The first kappa shape index (κ1) is 25.4. The van der Waals surface area contributed by atoms with Gasteiger partial charge in [-0.25, -0.2) is 9.38 Å². The van der Waals surface area contributed by atoms with Crippen molar-refractivity contribution in [2.45, 2.75) is 39.5 Å². The molecule has 176 valence electrons. The Morgan fingerprint density at radius 2 is 2.00 bits per heavy atom. The molecule has 0 aromatic heterocycles. The first-order valence-electron chi connectivity index (χ1n) is 10.9. The Hall–Kier alpha value is -1.87. The molecule has 1 aromatic carbocycles. The molecule has 31 heavy (non-hydrogen) atoms. The Kier molecular flexibility index (Phi) is 9.55. The van der Waals surface area contributed by atoms with Crippen molar-refractivity contribution in [1.29, 1.82) is 0 Å². The van der Waals surface area contributed by atoms with Gasteiger partial charge in [-0.3, -0.25) is 4.90 Å². The van der Waals surface area contributed by atoms with E-state index in [4.69, 9.17) is 4.99 Å². The number of alkyl halides is 3. The van der Waals surface area contributed by atoms with E-state index < -0.39 is 12.7 Å². The minimum absolute atomic E-state index is 0.170. The van der Waals surface area contributed by atoms with E-state index in [0.29, 0.717) is 44.8 Å². The van der Waals surface area contributed by atoms with Crippen LogP contribution in [0.3, 0.4) is 0 Å². The quantitative estimate of drug-likeness (QED) is 0.358. The highest BCUT2D eigenvalue weighted by Gasteiger charge is 2.33. The van der Waals surface area contributed by atoms with Crippen LogP contribution in [0.25, 0.3) is 0 Å². The van der Waals surface area contributed by atoms with Crippen molar-refractivity contribution < 1.29 is 17.6 Å². The summed E-state index contributed by atoms with van der Waals surface area (Å²) in [7, 11) is 3.79. The summed E-state index contributed by atoms with van der Waals surface area (Å²) in [6.07, 6.45) is -3.34. The van der Waals surface area contributed by atoms with E-state index in [1.807, 2.05) is 32.0 Å². The zero-order valence-electron chi connectivity index (χ0n) is 19.0. The van der Waals surface area contributed by atoms with E-state index in [0.717, 1.165) is 24.5 Å². The fourth-order valence-corrected chi connectivity index (χ4v) is 3.88. The Bertz CT molecular complexity index is 720. The van der Waals surface area contributed by atoms with Gasteiger partial charge < -0.3 is 15.1 Å². The van der Waals surface area contributed by atoms with Gasteiger partial charge in [0, 0.05) is 38.3 Å². The molecule has 1 heterocycles. The van der Waals surface area contributed by atoms with Crippen molar-refractivity contribution in [1.82, 2.24) is 20.0 Å². The zero-order valence-corrected chi connectivity index (χ0v) is 19.0. The van der Waals surface area contributed by atoms with Crippen molar-refractivity contribution in [2.75, 3.05) is 53.4 Å². The number of hydrogen-bond donors (Lipinski definition) is 1. The van der Waals surface area contributed by atoms with Gasteiger partial charge in [-0.1, -0.05) is 13.0 Å². The van der Waals surface area contributed by atoms with Crippen LogP contribution in [0.2, 0.25) is 0 Å². The standard InChI is InChI=1S/C22H35F4N5/c1-5-27-21(28-12-17-7-8-20(23)19(11-17)15-29(3)4)31-10-9-18(14-31)13-30(6-2)16-22(24,25)26/h7-8,11,18H,5-6,9-10,12-16H2,1-4H3,(H,27,28). The predicted octanol–water partition coefficient (Wildman–Crippen LogP) is 3.56. The second-order valence-corrected chi connectivity index (χ2v) is 8.38. The molecule has 1 N–H and O–H groups in total. The molecule has 0 bridgehead atoms. The molecule has 1 saturated heterocycles. The van der Waals surface area contributed by atoms with Crippen molar-refractivity contribution >= 4 is 5.96 Å². The van der Waals surface area contributed by atoms with Gasteiger partial charge in [0.25, 0.3) is 0 Å². The smallest absolute Gasteiger partial charge is 0.357 e. The van der Waals surface area contributed by atoms with Gasteiger partial charge in [0.15, 0.2) is 5.96 Å². The van der Waals surface area contributed by atoms with Crippen LogP contribution < -0.4 is 5.32 Å². The number of nitrogens with zero attached hydrogens (tertiary/aromatic N) is 4. The topological polar surface area (TPSA) is 34.1 Å². The summed E-state index contributed by atoms with van der Waals surface area (Å²) in [5, 5.41) is 3.28. The van der Waals surface area contributed by atoms with Crippen LogP contribution in [0.4, 0.5) is 17.6 Å². The third-order valence-electron chi connectivity index (χ3n) is 5.29. The van der Waals surface area contributed by atoms with Crippen LogP contribution >= 0.6 is 0 Å². The van der Waals surface area contributed by atoms with Crippen LogP contribution in [0, 0.1) is 11.7 Å². The SMILES string of the molecule is CCNC(=NCc1ccc(F)c(CN(C)C)c1)N1CCC(CN(CC)CC(F)(F)F)C1. The van der Waals surface area contributed by atoms with Gasteiger partial charge in [0.2, 0.25) is 0 Å². The molecule has 1 atom stereocenters. The molecule has 0 radical (unpaired) electrons. The number of halogens is 4. The summed E-state index contributed by atoms with van der Waals surface area (Å²) >= 11 is 0. The van der Waals surface area contributed by atoms with E-state index in [2.05, 4.69) is 10.2 Å². The Labute approximate surface area is 183 Å². The molecular formula is C22H35F4N5. The first-order chi connectivity index (χ1) is 14.6. The number of likely N-dealkylation sites (tertiary alicyclic amines) is 1. The third kappa shape index (κ3) is 8.65. The number of benzene rings is 1. The minimum Gasteiger partial charge on any atom is -0.357 e. The molecule has 0 aliphatic carbocycles. The van der Waals surface area contributed by atoms with Crippen LogP contribution in [0.5, 0.6) is 0 Å². The minimum atomic E-state index is -4.18. The number of nitrogens with one attached hydrogen (secondary N) is 1. The van der Waals surface area contributed by atoms with Crippen LogP contribution in [0.15, 0.2) is 23.2 Å². The average molecular weight is 446 g/mol. The number of hydrogen-bond acceptors (Lipinski definition) is 3. The summed E-state index contributed by atoms with van der Waals surface area (Å²) < 4.78 is 52.3. The van der Waals surface area contributed by atoms with E-state index in [1.54, 1.807) is 13.0 Å². The number of guanidine groups is 1. The van der Waals surface area contributed by atoms with Crippen molar-refractivity contribution in [3.63, 3.8) is 0 Å². The highest BCUT2D eigenvalue weighted by molar-refractivity contribution is 5.80. The molecule has 0 saturated carbocycles. The van der Waals surface area contributed by atoms with Crippen LogP contribution in [-0.4, -0.2) is 80.2 Å². The highest BCUT2D eigenvalue weighted by Crippen LogP contribution is 2.22. The lowest BCUT2D eigenvalue weighted by Gasteiger charge is -2.26. The Morgan fingerprint density at radius 3 is 2.61 bits per heavy atom. The Morgan fingerprint density at radius 1 is 1.26 bits per heavy atom. The third-order valence-corrected chi connectivity index (χ3v) is 5.29. The normalized spacial score (nSPS) is 17.8. The average Bonchev–Trinajstić information content (AvgIpc) is 3.13. The molecule has 1 aliphatic rings. The predicted molar refractivity (Wildman–Crippen MR) is 116 cm³/mol. The second-order valence-electron chi connectivity index (χ2n) is 8.38. The molecule has 2 rings (SSSR count). The maximum Gasteiger partial charge on any atom is 0.401 e. The summed E-state index contributed by atoms with van der Waals surface area (Å²) in [5.74, 6) is 0.695. The Balaban J connectivity index is 2.01. The monoisotopic (exact) mass is 445 g/mol. The lowest BCUT2D eigenvalue weighted by Crippen LogP contribution is -2.41. The molecule has 1 aliphatic heterocycles. The summed E-state index contributed by atoms with van der Waals surface area (Å²) in [6, 6.07) is 5.05. The molecule has 0 spiro atoms. The maximum absolute atomic E-state index is 14.0. The molecule has 1 unspecified atom stereocenters. The number of rotatable bonds is 9. The van der Waals surface area contributed by atoms with E-state index in [-0.39, 0.29) is 11.7 Å². The van der Waals surface area contributed by atoms with E-state index >= 15 is 0 Å². The van der Waals surface area contributed by atoms with Crippen molar-refractivity contribution in [3.8, 4) is 0 Å². The van der Waals surface area contributed by atoms with Gasteiger partial charge >= 0.3 is 6.18 Å². The molecule has 9 heteroatoms. The second kappa shape index (κ2) is 11.7. The lowest BCUT2D eigenvalue weighted by molar-refractivity contribution is -0.146. The summed E-state index contributed by atoms with van der Waals surface area (Å²) in [6.45, 7) is 6.75. The van der Waals surface area contributed by atoms with E-state index in [9.17, 15) is 17.6 Å². The molecule has 1 aromatic rings. The van der Waals surface area contributed by atoms with Gasteiger partial charge in [-0.2, -0.15) is 13.2 Å². The first-order valence-corrected chi connectivity index (χ1v) is 10.9. The fourth-order valence-electron chi connectivity index (χ4n) is 3.88. The van der Waals surface area contributed by atoms with Gasteiger partial charge in [-0.15, -0.1) is 0 Å². The van der Waals surface area contributed by atoms with Crippen molar-refractivity contribution in [2.24, 2.45) is 10.9 Å². The number of aliphatic imine (C=N–C) groups is 1. The van der Waals surface area contributed by atoms with E-state index in [1.165, 1.54) is 11.0 Å². The molecular weight excluding hydrogens is 410 g/mol. The highest BCUT2D eigenvalue weighted by atomic mass is 19.4. The summed E-state index contributed by atoms with van der Waals surface area (Å²) in [5.41, 5.74) is 1.56. The van der Waals surface area contributed by atoms with Gasteiger partial charge in [-0.05, 0) is 57.6 Å². The molecule has 0 amide bonds. The fraction of sp³-hybridized carbons (Fsp3) is 0.682. The maximum atomic E-state index is 14.0. The zero-order chi connectivity index (χ0) is 23.0.